The number of nitrogens with one attached hydrogen (secondary N) is 2. The third kappa shape index (κ3) is 8.06. The number of aldehydes is 1. The summed E-state index contributed by atoms with van der Waals surface area (Å²) in [5.74, 6) is 0.479. The van der Waals surface area contributed by atoms with Crippen LogP contribution in [0.2, 0.25) is 5.02 Å². The second-order valence-electron chi connectivity index (χ2n) is 7.11. The van der Waals surface area contributed by atoms with E-state index in [1.165, 1.54) is 12.8 Å². The zero-order valence-electron chi connectivity index (χ0n) is 17.9. The number of ether oxygens (including phenoxy) is 1. The molecule has 0 bridgehead atoms. The highest BCUT2D eigenvalue weighted by Crippen LogP contribution is 2.21. The predicted molar refractivity (Wildman–Crippen MR) is 135 cm³/mol. The Balaban J connectivity index is 0.00000256. The van der Waals surface area contributed by atoms with E-state index in [0.29, 0.717) is 29.8 Å². The molecule has 2 amide bonds. The molecule has 0 aliphatic carbocycles. The van der Waals surface area contributed by atoms with Crippen LogP contribution in [0.15, 0.2) is 42.5 Å². The van der Waals surface area contributed by atoms with Gasteiger partial charge in [-0.15, -0.1) is 24.8 Å². The standard InChI is InChI=1S/C22H27ClN4O3.2ClH/c1-30-21-8-5-19(15-17(21)16-28)25-22(29)24-9-2-10-26-11-13-27(14-12-26)20-6-3-18(23)4-7-20;;/h3-8,15-16H,2,9-14H2,1H3,(H2,24,25,29);2*1H. The molecular weight excluding hydrogens is 475 g/mol. The van der Waals surface area contributed by atoms with Gasteiger partial charge < -0.3 is 20.3 Å². The number of methoxy groups -OCH3 is 1. The zero-order valence-corrected chi connectivity index (χ0v) is 20.3. The van der Waals surface area contributed by atoms with Crippen LogP contribution in [0.5, 0.6) is 5.75 Å². The number of nitrogens with zero attached hydrogens (tertiary/aromatic N) is 2. The summed E-state index contributed by atoms with van der Waals surface area (Å²) in [6.45, 7) is 5.47. The monoisotopic (exact) mass is 502 g/mol. The van der Waals surface area contributed by atoms with E-state index in [0.717, 1.165) is 44.2 Å². The van der Waals surface area contributed by atoms with Gasteiger partial charge in [-0.1, -0.05) is 11.6 Å². The van der Waals surface area contributed by atoms with Gasteiger partial charge in [-0.2, -0.15) is 0 Å². The predicted octanol–water partition coefficient (Wildman–Crippen LogP) is 4.34. The summed E-state index contributed by atoms with van der Waals surface area (Å²) < 4.78 is 5.10. The summed E-state index contributed by atoms with van der Waals surface area (Å²) in [5, 5.41) is 6.35. The van der Waals surface area contributed by atoms with Crippen LogP contribution in [0.1, 0.15) is 16.8 Å². The molecule has 32 heavy (non-hydrogen) atoms. The number of carbonyl (C=O) groups excluding carboxylic acids is 2. The topological polar surface area (TPSA) is 73.9 Å². The number of amides is 2. The van der Waals surface area contributed by atoms with E-state index in [1.807, 2.05) is 12.1 Å². The van der Waals surface area contributed by atoms with E-state index in [-0.39, 0.29) is 30.8 Å². The minimum absolute atomic E-state index is 0. The lowest BCUT2D eigenvalue weighted by atomic mass is 10.2. The number of anilines is 2. The van der Waals surface area contributed by atoms with Crippen molar-refractivity contribution in [3.63, 3.8) is 0 Å². The molecule has 0 unspecified atom stereocenters. The first-order valence-corrected chi connectivity index (χ1v) is 10.4. The Labute approximate surface area is 206 Å². The Morgan fingerprint density at radius 3 is 2.41 bits per heavy atom. The van der Waals surface area contributed by atoms with Crippen molar-refractivity contribution < 1.29 is 14.3 Å². The van der Waals surface area contributed by atoms with E-state index >= 15 is 0 Å². The summed E-state index contributed by atoms with van der Waals surface area (Å²) in [5.41, 5.74) is 2.15. The van der Waals surface area contributed by atoms with Gasteiger partial charge in [0.1, 0.15) is 5.75 Å². The van der Waals surface area contributed by atoms with Crippen LogP contribution in [0.3, 0.4) is 0 Å². The lowest BCUT2D eigenvalue weighted by molar-refractivity contribution is 0.112. The average Bonchev–Trinajstić information content (AvgIpc) is 2.77. The maximum absolute atomic E-state index is 12.1. The molecule has 2 aromatic rings. The maximum Gasteiger partial charge on any atom is 0.319 e. The molecule has 10 heteroatoms. The molecule has 1 aliphatic rings. The van der Waals surface area contributed by atoms with E-state index in [2.05, 4.69) is 32.6 Å². The lowest BCUT2D eigenvalue weighted by Crippen LogP contribution is -2.47. The molecule has 0 radical (unpaired) electrons. The van der Waals surface area contributed by atoms with E-state index < -0.39 is 0 Å². The molecule has 0 atom stereocenters. The van der Waals surface area contributed by atoms with Crippen LogP contribution in [0.4, 0.5) is 16.2 Å². The number of hydrogen-bond donors (Lipinski definition) is 2. The van der Waals surface area contributed by atoms with E-state index in [4.69, 9.17) is 16.3 Å². The molecule has 0 aromatic heterocycles. The smallest absolute Gasteiger partial charge is 0.319 e. The van der Waals surface area contributed by atoms with Gasteiger partial charge in [0.25, 0.3) is 0 Å². The summed E-state index contributed by atoms with van der Waals surface area (Å²) in [4.78, 5) is 27.9. The molecule has 1 saturated heterocycles. The summed E-state index contributed by atoms with van der Waals surface area (Å²) in [6, 6.07) is 12.6. The lowest BCUT2D eigenvalue weighted by Gasteiger charge is -2.36. The quantitative estimate of drug-likeness (QED) is 0.414. The molecule has 3 rings (SSSR count). The largest absolute Gasteiger partial charge is 0.496 e. The number of hydrogen-bond acceptors (Lipinski definition) is 5. The van der Waals surface area contributed by atoms with Crippen molar-refractivity contribution in [1.82, 2.24) is 10.2 Å². The van der Waals surface area contributed by atoms with Crippen LogP contribution in [-0.4, -0.2) is 63.6 Å². The fourth-order valence-electron chi connectivity index (χ4n) is 3.47. The zero-order chi connectivity index (χ0) is 21.3. The highest BCUT2D eigenvalue weighted by Gasteiger charge is 2.16. The first-order chi connectivity index (χ1) is 14.6. The Bertz CT molecular complexity index is 860. The molecule has 7 nitrogen and oxygen atoms in total. The molecule has 176 valence electrons. The average molecular weight is 504 g/mol. The van der Waals surface area contributed by atoms with Crippen molar-refractivity contribution in [2.24, 2.45) is 0 Å². The summed E-state index contributed by atoms with van der Waals surface area (Å²) in [6.07, 6.45) is 1.57. The first kappa shape index (κ1) is 27.8. The number of benzene rings is 2. The van der Waals surface area contributed by atoms with Gasteiger partial charge in [0.15, 0.2) is 6.29 Å². The fourth-order valence-corrected chi connectivity index (χ4v) is 3.59. The highest BCUT2D eigenvalue weighted by molar-refractivity contribution is 6.30. The van der Waals surface area contributed by atoms with Crippen LogP contribution in [0.25, 0.3) is 0 Å². The van der Waals surface area contributed by atoms with Gasteiger partial charge in [0, 0.05) is 49.1 Å². The molecule has 0 spiro atoms. The molecular formula is C22H29Cl3N4O3. The maximum atomic E-state index is 12.1. The van der Waals surface area contributed by atoms with Gasteiger partial charge in [0.05, 0.1) is 12.7 Å². The van der Waals surface area contributed by atoms with Crippen molar-refractivity contribution in [3.8, 4) is 5.75 Å². The Kier molecular flexibility index (Phi) is 12.2. The van der Waals surface area contributed by atoms with Gasteiger partial charge in [-0.3, -0.25) is 9.69 Å². The van der Waals surface area contributed by atoms with Crippen molar-refractivity contribution in [1.29, 1.82) is 0 Å². The van der Waals surface area contributed by atoms with Gasteiger partial charge in [-0.05, 0) is 55.4 Å². The Morgan fingerprint density at radius 2 is 1.78 bits per heavy atom. The molecule has 0 saturated carbocycles. The third-order valence-corrected chi connectivity index (χ3v) is 5.37. The SMILES string of the molecule is COc1ccc(NC(=O)NCCCN2CCN(c3ccc(Cl)cc3)CC2)cc1C=O.Cl.Cl. The number of urea groups is 1. The summed E-state index contributed by atoms with van der Waals surface area (Å²) in [7, 11) is 1.50. The van der Waals surface area contributed by atoms with Gasteiger partial charge in [-0.25, -0.2) is 4.79 Å². The minimum atomic E-state index is -0.287. The van der Waals surface area contributed by atoms with Crippen molar-refractivity contribution in [2.75, 3.05) is 56.6 Å². The van der Waals surface area contributed by atoms with Crippen LogP contribution >= 0.6 is 36.4 Å². The molecule has 1 aliphatic heterocycles. The molecule has 2 N–H and O–H groups in total. The number of halogens is 3. The van der Waals surface area contributed by atoms with Crippen LogP contribution in [-0.2, 0) is 0 Å². The number of carbonyl (C=O) groups is 2. The Hall–Kier alpha value is -2.19. The van der Waals surface area contributed by atoms with Crippen molar-refractivity contribution in [3.05, 3.63) is 53.1 Å². The normalized spacial score (nSPS) is 13.4. The van der Waals surface area contributed by atoms with Crippen LogP contribution < -0.4 is 20.3 Å². The second-order valence-corrected chi connectivity index (χ2v) is 7.55. The number of rotatable bonds is 8. The Morgan fingerprint density at radius 1 is 1.09 bits per heavy atom. The molecule has 1 fully saturated rings. The summed E-state index contributed by atoms with van der Waals surface area (Å²) >= 11 is 5.96. The minimum Gasteiger partial charge on any atom is -0.496 e. The number of piperazine rings is 1. The highest BCUT2D eigenvalue weighted by atomic mass is 35.5. The molecule has 1 heterocycles. The van der Waals surface area contributed by atoms with Crippen LogP contribution in [0, 0.1) is 0 Å². The van der Waals surface area contributed by atoms with Gasteiger partial charge in [0.2, 0.25) is 0 Å². The van der Waals surface area contributed by atoms with Crippen molar-refractivity contribution >= 4 is 60.1 Å². The second kappa shape index (κ2) is 14.1. The first-order valence-electron chi connectivity index (χ1n) is 10.00. The van der Waals surface area contributed by atoms with Crippen molar-refractivity contribution in [2.45, 2.75) is 6.42 Å². The van der Waals surface area contributed by atoms with Gasteiger partial charge >= 0.3 is 6.03 Å². The van der Waals surface area contributed by atoms with E-state index in [1.54, 1.807) is 18.2 Å². The molecule has 2 aromatic carbocycles. The third-order valence-electron chi connectivity index (χ3n) is 5.12. The fraction of sp³-hybridized carbons (Fsp3) is 0.364. The van der Waals surface area contributed by atoms with E-state index in [9.17, 15) is 9.59 Å².